The number of carbonyl (C=O) groups is 2. The van der Waals surface area contributed by atoms with Gasteiger partial charge in [0.2, 0.25) is 0 Å². The van der Waals surface area contributed by atoms with Gasteiger partial charge in [-0.25, -0.2) is 9.78 Å². The molecule has 0 unspecified atom stereocenters. The Labute approximate surface area is 128 Å². The Hall–Kier alpha value is -2.63. The minimum atomic E-state index is -1.07. The molecule has 1 aromatic carbocycles. The molecular weight excluding hydrogens is 282 g/mol. The van der Waals surface area contributed by atoms with Crippen LogP contribution in [0.2, 0.25) is 0 Å². The number of carbonyl (C=O) groups excluding carboxylic acids is 1. The van der Waals surface area contributed by atoms with Crippen molar-refractivity contribution in [1.82, 2.24) is 14.5 Å². The zero-order valence-electron chi connectivity index (χ0n) is 12.7. The minimum absolute atomic E-state index is 0.0139. The largest absolute Gasteiger partial charge is 0.476 e. The lowest BCUT2D eigenvalue weighted by molar-refractivity contribution is 0.0683. The Bertz CT molecular complexity index is 777. The van der Waals surface area contributed by atoms with Crippen molar-refractivity contribution < 1.29 is 14.7 Å². The second-order valence-corrected chi connectivity index (χ2v) is 5.74. The van der Waals surface area contributed by atoms with E-state index in [9.17, 15) is 14.7 Å². The van der Waals surface area contributed by atoms with E-state index in [1.54, 1.807) is 19.2 Å². The molecule has 114 valence electrons. The molecule has 0 saturated heterocycles. The number of aromatic nitrogens is 2. The van der Waals surface area contributed by atoms with Crippen LogP contribution < -0.4 is 0 Å². The fourth-order valence-corrected chi connectivity index (χ4v) is 2.80. The van der Waals surface area contributed by atoms with Crippen molar-refractivity contribution >= 4 is 11.9 Å². The van der Waals surface area contributed by atoms with Crippen LogP contribution in [0.5, 0.6) is 0 Å². The summed E-state index contributed by atoms with van der Waals surface area (Å²) < 4.78 is 1.82. The second kappa shape index (κ2) is 4.98. The Kier molecular flexibility index (Phi) is 3.24. The van der Waals surface area contributed by atoms with Crippen LogP contribution in [0.1, 0.15) is 52.1 Å². The fraction of sp³-hybridized carbons (Fsp3) is 0.312. The van der Waals surface area contributed by atoms with Gasteiger partial charge in [-0.15, -0.1) is 0 Å². The standard InChI is InChI=1S/C16H17N3O3/c1-9(2)14-17-13(16(21)22)12-8-18(3)15(20)10-6-4-5-7-11(10)19(12)14/h4-7,9H,8H2,1-3H3,(H,21,22). The molecule has 0 fully saturated rings. The number of amides is 1. The van der Waals surface area contributed by atoms with E-state index in [1.165, 1.54) is 4.90 Å². The van der Waals surface area contributed by atoms with E-state index in [0.29, 0.717) is 22.8 Å². The number of aromatic carboxylic acids is 1. The average molecular weight is 299 g/mol. The van der Waals surface area contributed by atoms with Gasteiger partial charge in [-0.05, 0) is 12.1 Å². The van der Waals surface area contributed by atoms with Gasteiger partial charge >= 0.3 is 5.97 Å². The maximum absolute atomic E-state index is 12.5. The van der Waals surface area contributed by atoms with E-state index in [0.717, 1.165) is 0 Å². The first-order valence-electron chi connectivity index (χ1n) is 7.11. The maximum atomic E-state index is 12.5. The SMILES string of the molecule is CC(C)c1nc(C(=O)O)c2n1-c1ccccc1C(=O)N(C)C2. The minimum Gasteiger partial charge on any atom is -0.476 e. The molecule has 0 atom stereocenters. The molecule has 1 aliphatic rings. The van der Waals surface area contributed by atoms with Crippen molar-refractivity contribution in [1.29, 1.82) is 0 Å². The van der Waals surface area contributed by atoms with Crippen LogP contribution in [0.25, 0.3) is 5.69 Å². The predicted octanol–water partition coefficient (Wildman–Crippen LogP) is 2.28. The number of rotatable bonds is 2. The molecule has 6 nitrogen and oxygen atoms in total. The van der Waals surface area contributed by atoms with Gasteiger partial charge in [0.25, 0.3) is 5.91 Å². The number of carboxylic acids is 1. The van der Waals surface area contributed by atoms with Crippen molar-refractivity contribution in [3.05, 3.63) is 47.0 Å². The molecule has 3 rings (SSSR count). The summed E-state index contributed by atoms with van der Waals surface area (Å²) in [6, 6.07) is 7.23. The van der Waals surface area contributed by atoms with Crippen LogP contribution in [0.15, 0.2) is 24.3 Å². The lowest BCUT2D eigenvalue weighted by Crippen LogP contribution is -2.25. The lowest BCUT2D eigenvalue weighted by atomic mass is 10.1. The highest BCUT2D eigenvalue weighted by molar-refractivity contribution is 5.99. The van der Waals surface area contributed by atoms with Gasteiger partial charge in [-0.3, -0.25) is 9.36 Å². The molecular formula is C16H17N3O3. The van der Waals surface area contributed by atoms with Crippen molar-refractivity contribution in [2.75, 3.05) is 7.05 Å². The second-order valence-electron chi connectivity index (χ2n) is 5.74. The van der Waals surface area contributed by atoms with E-state index >= 15 is 0 Å². The summed E-state index contributed by atoms with van der Waals surface area (Å²) in [6.45, 7) is 4.13. The first-order chi connectivity index (χ1) is 10.4. The van der Waals surface area contributed by atoms with Crippen LogP contribution in [0.4, 0.5) is 0 Å². The Balaban J connectivity index is 2.40. The number of hydrogen-bond donors (Lipinski definition) is 1. The summed E-state index contributed by atoms with van der Waals surface area (Å²) in [5.74, 6) is -0.498. The lowest BCUT2D eigenvalue weighted by Gasteiger charge is -2.13. The van der Waals surface area contributed by atoms with Gasteiger partial charge in [0.1, 0.15) is 5.82 Å². The third kappa shape index (κ3) is 1.99. The highest BCUT2D eigenvalue weighted by atomic mass is 16.4. The van der Waals surface area contributed by atoms with Gasteiger partial charge in [-0.1, -0.05) is 26.0 Å². The van der Waals surface area contributed by atoms with Gasteiger partial charge in [-0.2, -0.15) is 0 Å². The zero-order valence-corrected chi connectivity index (χ0v) is 12.7. The quantitative estimate of drug-likeness (QED) is 0.923. The Morgan fingerprint density at radius 2 is 2.00 bits per heavy atom. The van der Waals surface area contributed by atoms with Crippen LogP contribution in [0, 0.1) is 0 Å². The van der Waals surface area contributed by atoms with Crippen molar-refractivity contribution in [2.45, 2.75) is 26.3 Å². The molecule has 6 heteroatoms. The highest BCUT2D eigenvalue weighted by Crippen LogP contribution is 2.30. The molecule has 2 heterocycles. The van der Waals surface area contributed by atoms with Gasteiger partial charge in [0.05, 0.1) is 23.5 Å². The molecule has 1 N–H and O–H groups in total. The summed E-state index contributed by atoms with van der Waals surface area (Å²) in [5, 5.41) is 9.45. The van der Waals surface area contributed by atoms with Crippen molar-refractivity contribution in [3.8, 4) is 5.69 Å². The van der Waals surface area contributed by atoms with E-state index in [2.05, 4.69) is 4.98 Å². The molecule has 1 aliphatic heterocycles. The van der Waals surface area contributed by atoms with Crippen LogP contribution in [0.3, 0.4) is 0 Å². The summed E-state index contributed by atoms with van der Waals surface area (Å²) in [4.78, 5) is 29.9. The monoisotopic (exact) mass is 299 g/mol. The Morgan fingerprint density at radius 1 is 1.32 bits per heavy atom. The van der Waals surface area contributed by atoms with Gasteiger partial charge < -0.3 is 10.0 Å². The van der Waals surface area contributed by atoms with E-state index in [4.69, 9.17) is 0 Å². The zero-order chi connectivity index (χ0) is 16.0. The van der Waals surface area contributed by atoms with Crippen molar-refractivity contribution in [2.24, 2.45) is 0 Å². The molecule has 0 radical (unpaired) electrons. The third-order valence-corrected chi connectivity index (χ3v) is 3.83. The topological polar surface area (TPSA) is 75.4 Å². The third-order valence-electron chi connectivity index (χ3n) is 3.83. The number of carboxylic acid groups (broad SMARTS) is 1. The average Bonchev–Trinajstić information content (AvgIpc) is 2.81. The van der Waals surface area contributed by atoms with Crippen molar-refractivity contribution in [3.63, 3.8) is 0 Å². The number of para-hydroxylation sites is 1. The molecule has 0 bridgehead atoms. The smallest absolute Gasteiger partial charge is 0.356 e. The first-order valence-corrected chi connectivity index (χ1v) is 7.11. The molecule has 0 spiro atoms. The number of imidazole rings is 1. The summed E-state index contributed by atoms with van der Waals surface area (Å²) in [7, 11) is 1.67. The van der Waals surface area contributed by atoms with Gasteiger partial charge in [0.15, 0.2) is 5.69 Å². The number of fused-ring (bicyclic) bond motifs is 3. The predicted molar refractivity (Wildman–Crippen MR) is 80.4 cm³/mol. The first kappa shape index (κ1) is 14.3. The normalized spacial score (nSPS) is 13.8. The Morgan fingerprint density at radius 3 is 2.64 bits per heavy atom. The van der Waals surface area contributed by atoms with E-state index in [-0.39, 0.29) is 24.1 Å². The highest BCUT2D eigenvalue weighted by Gasteiger charge is 2.31. The molecule has 22 heavy (non-hydrogen) atoms. The summed E-state index contributed by atoms with van der Waals surface area (Å²) >= 11 is 0. The molecule has 0 saturated carbocycles. The molecule has 0 aliphatic carbocycles. The number of nitrogens with zero attached hydrogens (tertiary/aromatic N) is 3. The molecule has 1 amide bonds. The van der Waals surface area contributed by atoms with E-state index < -0.39 is 5.97 Å². The van der Waals surface area contributed by atoms with Crippen LogP contribution in [-0.4, -0.2) is 38.5 Å². The van der Waals surface area contributed by atoms with Gasteiger partial charge in [0, 0.05) is 13.0 Å². The fourth-order valence-electron chi connectivity index (χ4n) is 2.80. The molecule has 2 aromatic rings. The number of benzene rings is 1. The summed E-state index contributed by atoms with van der Waals surface area (Å²) in [5.41, 5.74) is 1.80. The van der Waals surface area contributed by atoms with Crippen LogP contribution in [-0.2, 0) is 6.54 Å². The number of hydrogen-bond acceptors (Lipinski definition) is 3. The van der Waals surface area contributed by atoms with Crippen LogP contribution >= 0.6 is 0 Å². The molecule has 1 aromatic heterocycles. The summed E-state index contributed by atoms with van der Waals surface area (Å²) in [6.07, 6.45) is 0. The maximum Gasteiger partial charge on any atom is 0.356 e. The van der Waals surface area contributed by atoms with E-state index in [1.807, 2.05) is 30.5 Å².